The molecule has 1 atom stereocenters. The Morgan fingerprint density at radius 3 is 2.95 bits per heavy atom. The van der Waals surface area contributed by atoms with Crippen LogP contribution in [0, 0.1) is 5.92 Å². The maximum absolute atomic E-state index is 12.2. The number of amides is 3. The second-order valence-electron chi connectivity index (χ2n) is 5.26. The first-order chi connectivity index (χ1) is 9.58. The predicted molar refractivity (Wildman–Crippen MR) is 79.5 cm³/mol. The van der Waals surface area contributed by atoms with Gasteiger partial charge in [-0.15, -0.1) is 11.3 Å². The molecular formula is C14H21N3O2S. The van der Waals surface area contributed by atoms with Crippen LogP contribution in [0.5, 0.6) is 0 Å². The molecule has 0 bridgehead atoms. The Kier molecular flexibility index (Phi) is 5.00. The molecule has 1 aliphatic heterocycles. The van der Waals surface area contributed by atoms with Crippen LogP contribution in [-0.4, -0.2) is 48.9 Å². The lowest BCUT2D eigenvalue weighted by molar-refractivity contribution is -0.126. The summed E-state index contributed by atoms with van der Waals surface area (Å²) in [6.07, 6.45) is 1.74. The van der Waals surface area contributed by atoms with E-state index < -0.39 is 0 Å². The summed E-state index contributed by atoms with van der Waals surface area (Å²) in [7, 11) is 3.48. The number of carbonyl (C=O) groups is 2. The number of nitrogens with one attached hydrogen (secondary N) is 1. The van der Waals surface area contributed by atoms with Gasteiger partial charge in [0.2, 0.25) is 5.91 Å². The zero-order chi connectivity index (χ0) is 14.5. The van der Waals surface area contributed by atoms with Crippen molar-refractivity contribution in [1.82, 2.24) is 15.1 Å². The van der Waals surface area contributed by atoms with E-state index in [-0.39, 0.29) is 17.9 Å². The van der Waals surface area contributed by atoms with Crippen LogP contribution >= 0.6 is 11.3 Å². The van der Waals surface area contributed by atoms with Gasteiger partial charge in [-0.1, -0.05) is 6.07 Å². The molecule has 0 aromatic carbocycles. The van der Waals surface area contributed by atoms with E-state index in [1.54, 1.807) is 35.2 Å². The molecule has 1 aromatic heterocycles. The maximum Gasteiger partial charge on any atom is 0.319 e. The molecule has 1 fully saturated rings. The zero-order valence-electron chi connectivity index (χ0n) is 12.0. The molecule has 0 spiro atoms. The highest BCUT2D eigenvalue weighted by molar-refractivity contribution is 7.09. The van der Waals surface area contributed by atoms with Gasteiger partial charge in [0.15, 0.2) is 0 Å². The summed E-state index contributed by atoms with van der Waals surface area (Å²) in [5.74, 6) is -0.0396. The highest BCUT2D eigenvalue weighted by Gasteiger charge is 2.28. The second kappa shape index (κ2) is 6.74. The van der Waals surface area contributed by atoms with Crippen LogP contribution < -0.4 is 5.32 Å². The average molecular weight is 295 g/mol. The molecule has 0 unspecified atom stereocenters. The summed E-state index contributed by atoms with van der Waals surface area (Å²) in [6.45, 7) is 1.84. The highest BCUT2D eigenvalue weighted by Crippen LogP contribution is 2.18. The van der Waals surface area contributed by atoms with Gasteiger partial charge in [-0.25, -0.2) is 4.79 Å². The average Bonchev–Trinajstić information content (AvgIpc) is 2.97. The Morgan fingerprint density at radius 2 is 2.30 bits per heavy atom. The van der Waals surface area contributed by atoms with E-state index in [1.165, 1.54) is 0 Å². The van der Waals surface area contributed by atoms with Gasteiger partial charge in [-0.2, -0.15) is 0 Å². The number of rotatable bonds is 3. The fraction of sp³-hybridized carbons (Fsp3) is 0.571. The third kappa shape index (κ3) is 3.72. The summed E-state index contributed by atoms with van der Waals surface area (Å²) in [5, 5.41) is 4.96. The van der Waals surface area contributed by atoms with Crippen molar-refractivity contribution < 1.29 is 9.59 Å². The van der Waals surface area contributed by atoms with Crippen LogP contribution in [0.2, 0.25) is 0 Å². The Bertz CT molecular complexity index is 459. The summed E-state index contributed by atoms with van der Waals surface area (Å²) in [4.78, 5) is 28.6. The number of urea groups is 1. The van der Waals surface area contributed by atoms with Gasteiger partial charge < -0.3 is 15.1 Å². The lowest BCUT2D eigenvalue weighted by atomic mass is 9.97. The molecule has 6 heteroatoms. The fourth-order valence-corrected chi connectivity index (χ4v) is 3.02. The molecule has 1 aliphatic rings. The standard InChI is InChI=1S/C14H21N3O2S/c1-16(2)14(19)17-7-3-5-11(10-17)13(18)15-9-12-6-4-8-20-12/h4,6,8,11H,3,5,7,9-10H2,1-2H3,(H,15,18)/t11-/m1/s1. The number of carbonyl (C=O) groups excluding carboxylic acids is 2. The van der Waals surface area contributed by atoms with Crippen molar-refractivity contribution in [2.75, 3.05) is 27.2 Å². The van der Waals surface area contributed by atoms with Gasteiger partial charge in [0.05, 0.1) is 12.5 Å². The molecule has 0 aliphatic carbocycles. The van der Waals surface area contributed by atoms with Gasteiger partial charge in [-0.3, -0.25) is 4.79 Å². The normalized spacial score (nSPS) is 18.7. The van der Waals surface area contributed by atoms with E-state index in [1.807, 2.05) is 17.5 Å². The van der Waals surface area contributed by atoms with Crippen molar-refractivity contribution in [2.45, 2.75) is 19.4 Å². The van der Waals surface area contributed by atoms with Crippen LogP contribution in [0.3, 0.4) is 0 Å². The van der Waals surface area contributed by atoms with Crippen molar-refractivity contribution in [3.05, 3.63) is 22.4 Å². The topological polar surface area (TPSA) is 52.7 Å². The molecule has 2 rings (SSSR count). The van der Waals surface area contributed by atoms with Gasteiger partial charge >= 0.3 is 6.03 Å². The van der Waals surface area contributed by atoms with Crippen molar-refractivity contribution in [1.29, 1.82) is 0 Å². The summed E-state index contributed by atoms with van der Waals surface area (Å²) in [5.41, 5.74) is 0. The molecule has 5 nitrogen and oxygen atoms in total. The van der Waals surface area contributed by atoms with Gasteiger partial charge in [0.1, 0.15) is 0 Å². The van der Waals surface area contributed by atoms with E-state index >= 15 is 0 Å². The van der Waals surface area contributed by atoms with Crippen LogP contribution in [0.25, 0.3) is 0 Å². The fourth-order valence-electron chi connectivity index (χ4n) is 2.38. The molecule has 2 heterocycles. The van der Waals surface area contributed by atoms with Crippen LogP contribution in [0.1, 0.15) is 17.7 Å². The molecular weight excluding hydrogens is 274 g/mol. The van der Waals surface area contributed by atoms with E-state index in [0.29, 0.717) is 13.1 Å². The molecule has 110 valence electrons. The molecule has 0 saturated carbocycles. The summed E-state index contributed by atoms with van der Waals surface area (Å²) < 4.78 is 0. The molecule has 0 radical (unpaired) electrons. The smallest absolute Gasteiger partial charge is 0.319 e. The zero-order valence-corrected chi connectivity index (χ0v) is 12.8. The van der Waals surface area contributed by atoms with E-state index in [9.17, 15) is 9.59 Å². The molecule has 1 N–H and O–H groups in total. The molecule has 1 aromatic rings. The van der Waals surface area contributed by atoms with Crippen molar-refractivity contribution >= 4 is 23.3 Å². The number of likely N-dealkylation sites (tertiary alicyclic amines) is 1. The predicted octanol–water partition coefficient (Wildman–Crippen LogP) is 1.76. The van der Waals surface area contributed by atoms with E-state index in [0.717, 1.165) is 24.3 Å². The number of hydrogen-bond donors (Lipinski definition) is 1. The lowest BCUT2D eigenvalue weighted by Crippen LogP contribution is -2.48. The number of hydrogen-bond acceptors (Lipinski definition) is 3. The molecule has 20 heavy (non-hydrogen) atoms. The van der Waals surface area contributed by atoms with Crippen LogP contribution in [0.4, 0.5) is 4.79 Å². The van der Waals surface area contributed by atoms with Gasteiger partial charge in [-0.05, 0) is 24.3 Å². The quantitative estimate of drug-likeness (QED) is 0.924. The van der Waals surface area contributed by atoms with E-state index in [2.05, 4.69) is 5.32 Å². The van der Waals surface area contributed by atoms with Gasteiger partial charge in [0, 0.05) is 32.1 Å². The number of thiophene rings is 1. The van der Waals surface area contributed by atoms with Crippen LogP contribution in [0.15, 0.2) is 17.5 Å². The number of nitrogens with zero attached hydrogens (tertiary/aromatic N) is 2. The second-order valence-corrected chi connectivity index (χ2v) is 6.29. The Hall–Kier alpha value is -1.56. The van der Waals surface area contributed by atoms with E-state index in [4.69, 9.17) is 0 Å². The molecule has 1 saturated heterocycles. The van der Waals surface area contributed by atoms with Crippen LogP contribution in [-0.2, 0) is 11.3 Å². The SMILES string of the molecule is CN(C)C(=O)N1CCC[C@@H](C(=O)NCc2cccs2)C1. The number of piperidine rings is 1. The Balaban J connectivity index is 1.85. The largest absolute Gasteiger partial charge is 0.351 e. The third-order valence-electron chi connectivity index (χ3n) is 3.46. The van der Waals surface area contributed by atoms with Gasteiger partial charge in [0.25, 0.3) is 0 Å². The first-order valence-electron chi connectivity index (χ1n) is 6.84. The third-order valence-corrected chi connectivity index (χ3v) is 4.34. The highest BCUT2D eigenvalue weighted by atomic mass is 32.1. The molecule has 3 amide bonds. The summed E-state index contributed by atoms with van der Waals surface area (Å²) >= 11 is 1.63. The summed E-state index contributed by atoms with van der Waals surface area (Å²) in [6, 6.07) is 3.97. The van der Waals surface area contributed by atoms with Crippen molar-refractivity contribution in [3.63, 3.8) is 0 Å². The Labute approximate surface area is 123 Å². The van der Waals surface area contributed by atoms with Crippen molar-refractivity contribution in [2.24, 2.45) is 5.92 Å². The Morgan fingerprint density at radius 1 is 1.50 bits per heavy atom. The monoisotopic (exact) mass is 295 g/mol. The lowest BCUT2D eigenvalue weighted by Gasteiger charge is -2.33. The minimum absolute atomic E-state index is 0.0132. The minimum atomic E-state index is -0.0902. The first-order valence-corrected chi connectivity index (χ1v) is 7.72. The van der Waals surface area contributed by atoms with Crippen molar-refractivity contribution in [3.8, 4) is 0 Å². The maximum atomic E-state index is 12.2. The first kappa shape index (κ1) is 14.8. The minimum Gasteiger partial charge on any atom is -0.351 e.